The number of amides is 1. The minimum atomic E-state index is -0.366. The normalized spacial score (nSPS) is 14.9. The summed E-state index contributed by atoms with van der Waals surface area (Å²) in [7, 11) is 0. The molecule has 1 aromatic rings. The molecule has 0 unspecified atom stereocenters. The van der Waals surface area contributed by atoms with Gasteiger partial charge in [-0.2, -0.15) is 0 Å². The number of anilines is 1. The van der Waals surface area contributed by atoms with Crippen LogP contribution in [0.25, 0.3) is 0 Å². The summed E-state index contributed by atoms with van der Waals surface area (Å²) in [4.78, 5) is 15.0. The van der Waals surface area contributed by atoms with Gasteiger partial charge in [0.15, 0.2) is 6.29 Å². The molecule has 1 aromatic carbocycles. The van der Waals surface area contributed by atoms with Crippen LogP contribution in [-0.4, -0.2) is 37.7 Å². The van der Waals surface area contributed by atoms with Gasteiger partial charge in [0.2, 0.25) is 5.91 Å². The predicted molar refractivity (Wildman–Crippen MR) is 76.6 cm³/mol. The fourth-order valence-electron chi connectivity index (χ4n) is 2.03. The van der Waals surface area contributed by atoms with Crippen LogP contribution in [0.3, 0.4) is 0 Å². The molecule has 0 radical (unpaired) electrons. The first-order valence-electron chi connectivity index (χ1n) is 6.51. The number of carbonyl (C=O) groups is 1. The number of thioether (sulfide) groups is 1. The van der Waals surface area contributed by atoms with Crippen LogP contribution in [0.5, 0.6) is 0 Å². The molecule has 1 heterocycles. The van der Waals surface area contributed by atoms with Crippen LogP contribution in [0.15, 0.2) is 29.2 Å². The lowest BCUT2D eigenvalue weighted by Crippen LogP contribution is -2.42. The van der Waals surface area contributed by atoms with Gasteiger partial charge >= 0.3 is 0 Å². The molecule has 0 fully saturated rings. The van der Waals surface area contributed by atoms with Gasteiger partial charge in [0.25, 0.3) is 0 Å². The van der Waals surface area contributed by atoms with E-state index in [0.717, 1.165) is 10.6 Å². The van der Waals surface area contributed by atoms with Crippen molar-refractivity contribution >= 4 is 23.4 Å². The van der Waals surface area contributed by atoms with Crippen molar-refractivity contribution in [2.45, 2.75) is 25.0 Å². The summed E-state index contributed by atoms with van der Waals surface area (Å²) in [6.45, 7) is 5.44. The van der Waals surface area contributed by atoms with Crippen LogP contribution in [0.4, 0.5) is 5.69 Å². The topological polar surface area (TPSA) is 38.8 Å². The Balaban J connectivity index is 2.15. The zero-order chi connectivity index (χ0) is 13.7. The molecule has 0 spiro atoms. The minimum absolute atomic E-state index is 0.105. The second-order valence-electron chi connectivity index (χ2n) is 4.10. The summed E-state index contributed by atoms with van der Waals surface area (Å²) in [6.07, 6.45) is -0.366. The van der Waals surface area contributed by atoms with Crippen LogP contribution < -0.4 is 4.90 Å². The molecule has 0 N–H and O–H groups in total. The third kappa shape index (κ3) is 3.49. The predicted octanol–water partition coefficient (Wildman–Crippen LogP) is 2.52. The Morgan fingerprint density at radius 3 is 2.63 bits per heavy atom. The molecular formula is C14H19NO3S. The molecule has 0 aromatic heterocycles. The highest BCUT2D eigenvalue weighted by atomic mass is 32.2. The van der Waals surface area contributed by atoms with Gasteiger partial charge in [0.1, 0.15) is 0 Å². The number of ether oxygens (including phenoxy) is 2. The lowest BCUT2D eigenvalue weighted by Gasteiger charge is -2.31. The minimum Gasteiger partial charge on any atom is -0.351 e. The van der Waals surface area contributed by atoms with E-state index < -0.39 is 0 Å². The van der Waals surface area contributed by atoms with E-state index in [1.54, 1.807) is 16.7 Å². The standard InChI is InChI=1S/C14H19NO3S/c1-3-17-14(18-4-2)9-15-11-7-5-6-8-12(11)19-10-13(15)16/h5-8,14H,3-4,9-10H2,1-2H3. The lowest BCUT2D eigenvalue weighted by atomic mass is 10.2. The first-order chi connectivity index (χ1) is 9.26. The van der Waals surface area contributed by atoms with Crippen LogP contribution in [0.2, 0.25) is 0 Å². The second-order valence-corrected chi connectivity index (χ2v) is 5.12. The van der Waals surface area contributed by atoms with Crippen molar-refractivity contribution in [1.29, 1.82) is 0 Å². The highest BCUT2D eigenvalue weighted by molar-refractivity contribution is 8.00. The Morgan fingerprint density at radius 2 is 1.95 bits per heavy atom. The van der Waals surface area contributed by atoms with Gasteiger partial charge in [0.05, 0.1) is 18.0 Å². The number of nitrogens with zero attached hydrogens (tertiary/aromatic N) is 1. The summed E-state index contributed by atoms with van der Waals surface area (Å²) in [5, 5.41) is 0. The third-order valence-electron chi connectivity index (χ3n) is 2.85. The van der Waals surface area contributed by atoms with E-state index in [1.165, 1.54) is 0 Å². The number of hydrogen-bond acceptors (Lipinski definition) is 4. The second kappa shape index (κ2) is 6.93. The monoisotopic (exact) mass is 281 g/mol. The van der Waals surface area contributed by atoms with E-state index in [9.17, 15) is 4.79 Å². The first kappa shape index (κ1) is 14.4. The quantitative estimate of drug-likeness (QED) is 0.751. The molecular weight excluding hydrogens is 262 g/mol. The van der Waals surface area contributed by atoms with Crippen molar-refractivity contribution in [1.82, 2.24) is 0 Å². The first-order valence-corrected chi connectivity index (χ1v) is 7.50. The molecule has 0 saturated carbocycles. The van der Waals surface area contributed by atoms with Crippen LogP contribution in [0, 0.1) is 0 Å². The number of carbonyl (C=O) groups excluding carboxylic acids is 1. The largest absolute Gasteiger partial charge is 0.351 e. The van der Waals surface area contributed by atoms with E-state index in [-0.39, 0.29) is 12.2 Å². The fourth-order valence-corrected chi connectivity index (χ4v) is 2.96. The molecule has 0 saturated heterocycles. The van der Waals surface area contributed by atoms with Crippen LogP contribution >= 0.6 is 11.8 Å². The summed E-state index contributed by atoms with van der Waals surface area (Å²) in [5.74, 6) is 0.579. The van der Waals surface area contributed by atoms with Crippen molar-refractivity contribution < 1.29 is 14.3 Å². The SMILES string of the molecule is CCOC(CN1C(=O)CSc2ccccc21)OCC. The van der Waals surface area contributed by atoms with E-state index >= 15 is 0 Å². The van der Waals surface area contributed by atoms with Crippen molar-refractivity contribution in [2.75, 3.05) is 30.4 Å². The summed E-state index contributed by atoms with van der Waals surface area (Å²) in [5.41, 5.74) is 0.952. The molecule has 1 aliphatic heterocycles. The maximum atomic E-state index is 12.1. The number of benzene rings is 1. The average Bonchev–Trinajstić information content (AvgIpc) is 2.42. The molecule has 5 heteroatoms. The molecule has 0 atom stereocenters. The Hall–Kier alpha value is -1.04. The van der Waals surface area contributed by atoms with E-state index in [1.807, 2.05) is 38.1 Å². The molecule has 2 rings (SSSR count). The smallest absolute Gasteiger partial charge is 0.237 e. The lowest BCUT2D eigenvalue weighted by molar-refractivity contribution is -0.135. The zero-order valence-corrected chi connectivity index (χ0v) is 12.1. The fraction of sp³-hybridized carbons (Fsp3) is 0.500. The van der Waals surface area contributed by atoms with E-state index in [2.05, 4.69) is 0 Å². The molecule has 4 nitrogen and oxygen atoms in total. The summed E-state index contributed by atoms with van der Waals surface area (Å²) in [6, 6.07) is 7.94. The third-order valence-corrected chi connectivity index (χ3v) is 3.89. The zero-order valence-electron chi connectivity index (χ0n) is 11.3. The number of rotatable bonds is 6. The van der Waals surface area contributed by atoms with Gasteiger partial charge in [-0.05, 0) is 26.0 Å². The maximum absolute atomic E-state index is 12.1. The Kier molecular flexibility index (Phi) is 5.24. The summed E-state index contributed by atoms with van der Waals surface area (Å²) >= 11 is 1.58. The molecule has 104 valence electrons. The van der Waals surface area contributed by atoms with Crippen LogP contribution in [0.1, 0.15) is 13.8 Å². The van der Waals surface area contributed by atoms with E-state index in [0.29, 0.717) is 25.5 Å². The molecule has 0 aliphatic carbocycles. The highest BCUT2D eigenvalue weighted by Crippen LogP contribution is 2.35. The molecule has 1 aliphatic rings. The maximum Gasteiger partial charge on any atom is 0.237 e. The van der Waals surface area contributed by atoms with Gasteiger partial charge in [0, 0.05) is 18.1 Å². The number of fused-ring (bicyclic) bond motifs is 1. The van der Waals surface area contributed by atoms with Gasteiger partial charge < -0.3 is 14.4 Å². The van der Waals surface area contributed by atoms with Gasteiger partial charge in [-0.1, -0.05) is 12.1 Å². The molecule has 19 heavy (non-hydrogen) atoms. The van der Waals surface area contributed by atoms with Crippen molar-refractivity contribution in [3.05, 3.63) is 24.3 Å². The van der Waals surface area contributed by atoms with Crippen molar-refractivity contribution in [2.24, 2.45) is 0 Å². The van der Waals surface area contributed by atoms with Crippen LogP contribution in [-0.2, 0) is 14.3 Å². The van der Waals surface area contributed by atoms with Crippen molar-refractivity contribution in [3.8, 4) is 0 Å². The van der Waals surface area contributed by atoms with E-state index in [4.69, 9.17) is 9.47 Å². The highest BCUT2D eigenvalue weighted by Gasteiger charge is 2.27. The molecule has 1 amide bonds. The van der Waals surface area contributed by atoms with Gasteiger partial charge in [-0.3, -0.25) is 4.79 Å². The Morgan fingerprint density at radius 1 is 1.26 bits per heavy atom. The average molecular weight is 281 g/mol. The Bertz CT molecular complexity index is 432. The Labute approximate surface area is 118 Å². The molecule has 0 bridgehead atoms. The van der Waals surface area contributed by atoms with Crippen molar-refractivity contribution in [3.63, 3.8) is 0 Å². The number of para-hydroxylation sites is 1. The van der Waals surface area contributed by atoms with Gasteiger partial charge in [-0.15, -0.1) is 11.8 Å². The number of hydrogen-bond donors (Lipinski definition) is 0. The summed E-state index contributed by atoms with van der Waals surface area (Å²) < 4.78 is 11.1. The van der Waals surface area contributed by atoms with Gasteiger partial charge in [-0.25, -0.2) is 0 Å².